The summed E-state index contributed by atoms with van der Waals surface area (Å²) in [6.07, 6.45) is -2.44. The van der Waals surface area contributed by atoms with Crippen LogP contribution >= 0.6 is 0 Å². The zero-order valence-electron chi connectivity index (χ0n) is 10.3. The Hall–Kier alpha value is -1.94. The number of nitrogens with one attached hydrogen (secondary N) is 1. The van der Waals surface area contributed by atoms with Gasteiger partial charge in [0.25, 0.3) is 6.43 Å². The summed E-state index contributed by atoms with van der Waals surface area (Å²) in [5, 5.41) is 12.1. The number of hydrogen-bond acceptors (Lipinski definition) is 2. The highest BCUT2D eigenvalue weighted by Gasteiger charge is 2.06. The van der Waals surface area contributed by atoms with Crippen molar-refractivity contribution in [2.75, 3.05) is 5.32 Å². The molecule has 2 N–H and O–H groups in total. The molecule has 0 saturated carbocycles. The monoisotopic (exact) mass is 263 g/mol. The Bertz CT molecular complexity index is 526. The largest absolute Gasteiger partial charge is 0.392 e. The smallest absolute Gasteiger partial charge is 0.263 e. The van der Waals surface area contributed by atoms with Crippen molar-refractivity contribution in [2.24, 2.45) is 0 Å². The minimum Gasteiger partial charge on any atom is -0.392 e. The molecule has 0 radical (unpaired) electrons. The summed E-state index contributed by atoms with van der Waals surface area (Å²) in [5.41, 5.74) is 2.57. The van der Waals surface area contributed by atoms with Gasteiger partial charge in [-0.25, -0.2) is 8.78 Å². The molecule has 2 aromatic carbocycles. The maximum absolute atomic E-state index is 12.5. The fourth-order valence-electron chi connectivity index (χ4n) is 1.77. The molecular weight excluding hydrogens is 248 g/mol. The third-order valence-electron chi connectivity index (χ3n) is 2.84. The lowest BCUT2D eigenvalue weighted by Crippen LogP contribution is -2.00. The first-order valence-corrected chi connectivity index (χ1v) is 5.99. The molecule has 2 nitrogen and oxygen atoms in total. The van der Waals surface area contributed by atoms with Crippen LogP contribution in [0.1, 0.15) is 23.1 Å². The predicted octanol–water partition coefficient (Wildman–Crippen LogP) is 3.73. The molecule has 0 fully saturated rings. The van der Waals surface area contributed by atoms with Crippen LogP contribution in [0.4, 0.5) is 14.5 Å². The molecule has 0 aliphatic heterocycles. The number of hydrogen-bond donors (Lipinski definition) is 2. The first-order chi connectivity index (χ1) is 9.19. The van der Waals surface area contributed by atoms with Crippen molar-refractivity contribution in [3.63, 3.8) is 0 Å². The summed E-state index contributed by atoms with van der Waals surface area (Å²) >= 11 is 0. The van der Waals surface area contributed by atoms with Crippen LogP contribution in [0, 0.1) is 0 Å². The van der Waals surface area contributed by atoms with Crippen molar-refractivity contribution in [3.8, 4) is 0 Å². The number of benzene rings is 2. The van der Waals surface area contributed by atoms with E-state index in [4.69, 9.17) is 5.11 Å². The molecule has 0 amide bonds. The minimum absolute atomic E-state index is 0.0106. The molecule has 0 aromatic heterocycles. The summed E-state index contributed by atoms with van der Waals surface area (Å²) in [4.78, 5) is 0. The van der Waals surface area contributed by atoms with Crippen LogP contribution in [0.5, 0.6) is 0 Å². The van der Waals surface area contributed by atoms with E-state index in [1.54, 1.807) is 12.1 Å². The molecule has 0 spiro atoms. The van der Waals surface area contributed by atoms with Gasteiger partial charge in [0.15, 0.2) is 0 Å². The summed E-state index contributed by atoms with van der Waals surface area (Å²) < 4.78 is 25.1. The quantitative estimate of drug-likeness (QED) is 0.861. The third-order valence-corrected chi connectivity index (χ3v) is 2.84. The molecule has 0 bridgehead atoms. The molecule has 4 heteroatoms. The summed E-state index contributed by atoms with van der Waals surface area (Å²) in [6.45, 7) is 0.496. The second-order valence-corrected chi connectivity index (χ2v) is 4.25. The fraction of sp³-hybridized carbons (Fsp3) is 0.200. The van der Waals surface area contributed by atoms with Crippen molar-refractivity contribution in [1.82, 2.24) is 0 Å². The first-order valence-electron chi connectivity index (χ1n) is 5.99. The molecule has 0 aliphatic rings. The van der Waals surface area contributed by atoms with Gasteiger partial charge in [-0.15, -0.1) is 0 Å². The van der Waals surface area contributed by atoms with E-state index in [1.165, 1.54) is 12.1 Å². The van der Waals surface area contributed by atoms with Crippen molar-refractivity contribution < 1.29 is 13.9 Å². The van der Waals surface area contributed by atoms with Gasteiger partial charge in [-0.1, -0.05) is 30.3 Å². The standard InChI is InChI=1S/C15H15F2NO/c16-15(17)13-3-1-2-12(8-13)9-18-14-6-4-11(10-19)5-7-14/h1-8,15,18-19H,9-10H2. The highest BCUT2D eigenvalue weighted by Crippen LogP contribution is 2.20. The zero-order valence-corrected chi connectivity index (χ0v) is 10.3. The Morgan fingerprint density at radius 2 is 1.74 bits per heavy atom. The van der Waals surface area contributed by atoms with Crippen LogP contribution in [0.15, 0.2) is 48.5 Å². The second kappa shape index (κ2) is 6.29. The van der Waals surface area contributed by atoms with Gasteiger partial charge in [-0.2, -0.15) is 0 Å². The average Bonchev–Trinajstić information content (AvgIpc) is 2.46. The summed E-state index contributed by atoms with van der Waals surface area (Å²) in [6, 6.07) is 13.7. The maximum atomic E-state index is 12.5. The Balaban J connectivity index is 1.99. The summed E-state index contributed by atoms with van der Waals surface area (Å²) in [7, 11) is 0. The van der Waals surface area contributed by atoms with Gasteiger partial charge in [0.05, 0.1) is 6.61 Å². The maximum Gasteiger partial charge on any atom is 0.263 e. The Labute approximate surface area is 110 Å². The van der Waals surface area contributed by atoms with E-state index in [0.717, 1.165) is 16.8 Å². The molecule has 0 unspecified atom stereocenters. The number of aliphatic hydroxyl groups excluding tert-OH is 1. The van der Waals surface area contributed by atoms with E-state index in [0.29, 0.717) is 6.54 Å². The van der Waals surface area contributed by atoms with Gasteiger partial charge in [-0.3, -0.25) is 0 Å². The number of anilines is 1. The molecule has 0 saturated heterocycles. The van der Waals surface area contributed by atoms with Gasteiger partial charge in [-0.05, 0) is 29.3 Å². The van der Waals surface area contributed by atoms with E-state index in [9.17, 15) is 8.78 Å². The van der Waals surface area contributed by atoms with Crippen molar-refractivity contribution in [3.05, 3.63) is 65.2 Å². The van der Waals surface area contributed by atoms with E-state index in [-0.39, 0.29) is 12.2 Å². The molecule has 19 heavy (non-hydrogen) atoms. The molecule has 100 valence electrons. The SMILES string of the molecule is OCc1ccc(NCc2cccc(C(F)F)c2)cc1. The minimum atomic E-state index is -2.44. The fourth-order valence-corrected chi connectivity index (χ4v) is 1.77. The molecule has 0 heterocycles. The van der Waals surface area contributed by atoms with Crippen LogP contribution < -0.4 is 5.32 Å². The van der Waals surface area contributed by atoms with E-state index in [1.807, 2.05) is 24.3 Å². The van der Waals surface area contributed by atoms with Gasteiger partial charge >= 0.3 is 0 Å². The highest BCUT2D eigenvalue weighted by molar-refractivity contribution is 5.45. The molecule has 0 aliphatic carbocycles. The first kappa shape index (κ1) is 13.5. The van der Waals surface area contributed by atoms with E-state index < -0.39 is 6.43 Å². The van der Waals surface area contributed by atoms with Crippen LogP contribution in [0.25, 0.3) is 0 Å². The average molecular weight is 263 g/mol. The van der Waals surface area contributed by atoms with Gasteiger partial charge in [0.2, 0.25) is 0 Å². The number of alkyl halides is 2. The Morgan fingerprint density at radius 3 is 2.37 bits per heavy atom. The molecule has 0 atom stereocenters. The topological polar surface area (TPSA) is 32.3 Å². The van der Waals surface area contributed by atoms with Crippen LogP contribution in [-0.2, 0) is 13.2 Å². The van der Waals surface area contributed by atoms with Gasteiger partial charge in [0, 0.05) is 17.8 Å². The lowest BCUT2D eigenvalue weighted by atomic mass is 10.1. The number of rotatable bonds is 5. The predicted molar refractivity (Wildman–Crippen MR) is 71.1 cm³/mol. The summed E-state index contributed by atoms with van der Waals surface area (Å²) in [5.74, 6) is 0. The Morgan fingerprint density at radius 1 is 1.00 bits per heavy atom. The van der Waals surface area contributed by atoms with E-state index in [2.05, 4.69) is 5.32 Å². The zero-order chi connectivity index (χ0) is 13.7. The number of aliphatic hydroxyl groups is 1. The molecule has 2 aromatic rings. The van der Waals surface area contributed by atoms with Crippen molar-refractivity contribution in [1.29, 1.82) is 0 Å². The van der Waals surface area contributed by atoms with Crippen molar-refractivity contribution >= 4 is 5.69 Å². The Kier molecular flexibility index (Phi) is 4.47. The van der Waals surface area contributed by atoms with Crippen LogP contribution in [-0.4, -0.2) is 5.11 Å². The highest BCUT2D eigenvalue weighted by atomic mass is 19.3. The van der Waals surface area contributed by atoms with Gasteiger partial charge in [0.1, 0.15) is 0 Å². The number of halogens is 2. The second-order valence-electron chi connectivity index (χ2n) is 4.25. The van der Waals surface area contributed by atoms with Crippen LogP contribution in [0.3, 0.4) is 0 Å². The third kappa shape index (κ3) is 3.76. The normalized spacial score (nSPS) is 10.7. The molecule has 2 rings (SSSR count). The van der Waals surface area contributed by atoms with E-state index >= 15 is 0 Å². The lowest BCUT2D eigenvalue weighted by molar-refractivity contribution is 0.151. The molecular formula is C15H15F2NO. The van der Waals surface area contributed by atoms with Crippen LogP contribution in [0.2, 0.25) is 0 Å². The van der Waals surface area contributed by atoms with Gasteiger partial charge < -0.3 is 10.4 Å². The lowest BCUT2D eigenvalue weighted by Gasteiger charge is -2.08. The van der Waals surface area contributed by atoms with Crippen molar-refractivity contribution in [2.45, 2.75) is 19.6 Å².